The number of pyridine rings is 2. The van der Waals surface area contributed by atoms with Gasteiger partial charge in [0.05, 0.1) is 33.8 Å². The lowest BCUT2D eigenvalue weighted by atomic mass is 9.89. The molecule has 0 aliphatic heterocycles. The Morgan fingerprint density at radius 1 is 0.208 bits per heavy atom. The number of para-hydroxylation sites is 2. The minimum absolute atomic E-state index is 0.915. The summed E-state index contributed by atoms with van der Waals surface area (Å²) < 4.78 is 2.39. The van der Waals surface area contributed by atoms with E-state index < -0.39 is 0 Å². The molecule has 77 heavy (non-hydrogen) atoms. The molecule has 0 bridgehead atoms. The molecule has 0 unspecified atom stereocenters. The molecular formula is C74H47N3. The molecule has 3 aromatic heterocycles. The highest BCUT2D eigenvalue weighted by Crippen LogP contribution is 2.43. The number of benzene rings is 12. The van der Waals surface area contributed by atoms with Gasteiger partial charge in [0.25, 0.3) is 0 Å². The summed E-state index contributed by atoms with van der Waals surface area (Å²) >= 11 is 0. The summed E-state index contributed by atoms with van der Waals surface area (Å²) in [6.45, 7) is 0. The molecule has 0 aliphatic rings. The number of aromatic nitrogens is 3. The van der Waals surface area contributed by atoms with Gasteiger partial charge in [0.15, 0.2) is 0 Å². The monoisotopic (exact) mass is 977 g/mol. The third kappa shape index (κ3) is 7.75. The molecule has 358 valence electrons. The van der Waals surface area contributed by atoms with Crippen molar-refractivity contribution in [3.05, 3.63) is 285 Å². The molecular weight excluding hydrogens is 931 g/mol. The van der Waals surface area contributed by atoms with Crippen molar-refractivity contribution < 1.29 is 0 Å². The summed E-state index contributed by atoms with van der Waals surface area (Å²) in [4.78, 5) is 11.1. The molecule has 0 spiro atoms. The van der Waals surface area contributed by atoms with E-state index in [0.29, 0.717) is 0 Å². The molecule has 12 aromatic carbocycles. The van der Waals surface area contributed by atoms with Crippen LogP contribution in [0.25, 0.3) is 149 Å². The van der Waals surface area contributed by atoms with E-state index in [9.17, 15) is 0 Å². The molecule has 0 aliphatic carbocycles. The number of hydrogen-bond acceptors (Lipinski definition) is 2. The minimum Gasteiger partial charge on any atom is -0.309 e. The molecule has 3 heterocycles. The van der Waals surface area contributed by atoms with Crippen LogP contribution in [0.1, 0.15) is 0 Å². The average molecular weight is 978 g/mol. The van der Waals surface area contributed by atoms with E-state index in [2.05, 4.69) is 290 Å². The van der Waals surface area contributed by atoms with Crippen LogP contribution in [0.15, 0.2) is 285 Å². The fourth-order valence-electron chi connectivity index (χ4n) is 11.9. The Kier molecular flexibility index (Phi) is 10.5. The van der Waals surface area contributed by atoms with E-state index in [0.717, 1.165) is 84.1 Å². The summed E-state index contributed by atoms with van der Waals surface area (Å²) in [6.07, 6.45) is 0. The van der Waals surface area contributed by atoms with Crippen molar-refractivity contribution in [1.29, 1.82) is 0 Å². The first-order valence-electron chi connectivity index (χ1n) is 26.4. The van der Waals surface area contributed by atoms with Crippen molar-refractivity contribution in [2.45, 2.75) is 0 Å². The highest BCUT2D eigenvalue weighted by atomic mass is 15.0. The molecule has 15 rings (SSSR count). The van der Waals surface area contributed by atoms with Gasteiger partial charge in [0.2, 0.25) is 0 Å². The Hall–Kier alpha value is -10.2. The van der Waals surface area contributed by atoms with Gasteiger partial charge in [0.1, 0.15) is 0 Å². The van der Waals surface area contributed by atoms with Crippen LogP contribution in [0.2, 0.25) is 0 Å². The quantitative estimate of drug-likeness (QED) is 0.142. The highest BCUT2D eigenvalue weighted by molar-refractivity contribution is 6.14. The van der Waals surface area contributed by atoms with Crippen molar-refractivity contribution >= 4 is 64.9 Å². The summed E-state index contributed by atoms with van der Waals surface area (Å²) in [5.74, 6) is 0. The van der Waals surface area contributed by atoms with Gasteiger partial charge in [-0.2, -0.15) is 0 Å². The standard InChI is InChI=1S/C74H47N3/c1-3-19-49(20-4-1)67-44-58(46-69(75-67)73-61-27-11-7-23-51(61)39-52-24-8-12-28-62(52)73)56-41-55(48-35-37-60(38-36-48)77-71-33-17-15-31-65(71)66-32-16-18-34-72(66)77)42-57(43-56)59-45-68(50-21-5-2-6-22-50)76-70(47-59)74-63-29-13-9-25-53(63)40-54-26-10-14-30-64(54)74/h1-47H. The largest absolute Gasteiger partial charge is 0.309 e. The number of nitrogens with zero attached hydrogens (tertiary/aromatic N) is 3. The van der Waals surface area contributed by atoms with Gasteiger partial charge in [-0.1, -0.05) is 206 Å². The van der Waals surface area contributed by atoms with Gasteiger partial charge in [0, 0.05) is 38.7 Å². The van der Waals surface area contributed by atoms with Crippen LogP contribution >= 0.6 is 0 Å². The fraction of sp³-hybridized carbons (Fsp3) is 0. The molecule has 0 radical (unpaired) electrons. The Balaban J connectivity index is 0.991. The Morgan fingerprint density at radius 2 is 0.519 bits per heavy atom. The van der Waals surface area contributed by atoms with E-state index in [4.69, 9.17) is 9.97 Å². The van der Waals surface area contributed by atoms with Crippen LogP contribution in [-0.2, 0) is 0 Å². The van der Waals surface area contributed by atoms with E-state index in [1.54, 1.807) is 0 Å². The second kappa shape index (κ2) is 18.3. The van der Waals surface area contributed by atoms with Gasteiger partial charge >= 0.3 is 0 Å². The van der Waals surface area contributed by atoms with E-state index in [1.807, 2.05) is 0 Å². The van der Waals surface area contributed by atoms with Crippen LogP contribution < -0.4 is 0 Å². The van der Waals surface area contributed by atoms with Crippen molar-refractivity contribution in [2.75, 3.05) is 0 Å². The minimum atomic E-state index is 0.915. The Bertz CT molecular complexity index is 4400. The first-order chi connectivity index (χ1) is 38.1. The lowest BCUT2D eigenvalue weighted by Crippen LogP contribution is -1.96. The number of fused-ring (bicyclic) bond motifs is 7. The third-order valence-electron chi connectivity index (χ3n) is 15.5. The molecule has 3 heteroatoms. The lowest BCUT2D eigenvalue weighted by molar-refractivity contribution is 1.18. The van der Waals surface area contributed by atoms with Crippen LogP contribution in [0.5, 0.6) is 0 Å². The topological polar surface area (TPSA) is 30.7 Å². The highest BCUT2D eigenvalue weighted by Gasteiger charge is 2.20. The van der Waals surface area contributed by atoms with Crippen molar-refractivity contribution in [2.24, 2.45) is 0 Å². The molecule has 15 aromatic rings. The van der Waals surface area contributed by atoms with Crippen molar-refractivity contribution in [3.63, 3.8) is 0 Å². The zero-order chi connectivity index (χ0) is 50.8. The molecule has 0 atom stereocenters. The smallest absolute Gasteiger partial charge is 0.0728 e. The second-order valence-corrected chi connectivity index (χ2v) is 20.1. The Labute approximate surface area is 446 Å². The first-order valence-corrected chi connectivity index (χ1v) is 26.4. The summed E-state index contributed by atoms with van der Waals surface area (Å²) in [6, 6.07) is 103. The molecule has 0 amide bonds. The van der Waals surface area contributed by atoms with Crippen molar-refractivity contribution in [1.82, 2.24) is 14.5 Å². The SMILES string of the molecule is c1ccc(-c2cc(-c3cc(-c4ccc(-n5c6ccccc6c6ccccc65)cc4)cc(-c4cc(-c5ccccc5)nc(-c5c6ccccc6cc6ccccc56)c4)c3)cc(-c3c4ccccc4cc4ccccc34)n2)cc1. The maximum absolute atomic E-state index is 5.57. The molecule has 0 N–H and O–H groups in total. The van der Waals surface area contributed by atoms with Gasteiger partial charge in [-0.15, -0.1) is 0 Å². The van der Waals surface area contributed by atoms with Crippen LogP contribution in [0.4, 0.5) is 0 Å². The summed E-state index contributed by atoms with van der Waals surface area (Å²) in [7, 11) is 0. The number of hydrogen-bond donors (Lipinski definition) is 0. The second-order valence-electron chi connectivity index (χ2n) is 20.1. The average Bonchev–Trinajstić information content (AvgIpc) is 3.86. The van der Waals surface area contributed by atoms with Crippen LogP contribution in [0.3, 0.4) is 0 Å². The van der Waals surface area contributed by atoms with E-state index in [-0.39, 0.29) is 0 Å². The zero-order valence-electron chi connectivity index (χ0n) is 42.0. The van der Waals surface area contributed by atoms with Gasteiger partial charge in [-0.3, -0.25) is 0 Å². The summed E-state index contributed by atoms with van der Waals surface area (Å²) in [5, 5.41) is 11.9. The third-order valence-corrected chi connectivity index (χ3v) is 15.5. The molecule has 0 saturated carbocycles. The zero-order valence-corrected chi connectivity index (χ0v) is 42.0. The Morgan fingerprint density at radius 3 is 0.922 bits per heavy atom. The van der Waals surface area contributed by atoms with Gasteiger partial charge < -0.3 is 4.57 Å². The predicted octanol–water partition coefficient (Wildman–Crippen LogP) is 19.9. The van der Waals surface area contributed by atoms with Crippen LogP contribution in [0, 0.1) is 0 Å². The normalized spacial score (nSPS) is 11.6. The van der Waals surface area contributed by atoms with Gasteiger partial charge in [-0.05, 0) is 155 Å². The van der Waals surface area contributed by atoms with Crippen molar-refractivity contribution in [3.8, 4) is 84.1 Å². The maximum Gasteiger partial charge on any atom is 0.0728 e. The molecule has 3 nitrogen and oxygen atoms in total. The van der Waals surface area contributed by atoms with E-state index in [1.165, 1.54) is 64.9 Å². The first kappa shape index (κ1) is 44.3. The lowest BCUT2D eigenvalue weighted by Gasteiger charge is -2.17. The van der Waals surface area contributed by atoms with E-state index >= 15 is 0 Å². The number of rotatable bonds is 8. The fourth-order valence-corrected chi connectivity index (χ4v) is 11.9. The van der Waals surface area contributed by atoms with Crippen LogP contribution in [-0.4, -0.2) is 14.5 Å². The summed E-state index contributed by atoms with van der Waals surface area (Å²) in [5.41, 5.74) is 18.1. The predicted molar refractivity (Wildman–Crippen MR) is 324 cm³/mol. The molecule has 0 fully saturated rings. The maximum atomic E-state index is 5.57. The van der Waals surface area contributed by atoms with Gasteiger partial charge in [-0.25, -0.2) is 9.97 Å². The molecule has 0 saturated heterocycles.